The van der Waals surface area contributed by atoms with E-state index in [9.17, 15) is 4.79 Å². The van der Waals surface area contributed by atoms with Crippen LogP contribution in [0.4, 0.5) is 0 Å². The lowest BCUT2D eigenvalue weighted by Gasteiger charge is -2.23. The molecule has 1 aliphatic heterocycles. The van der Waals surface area contributed by atoms with Crippen LogP contribution in [0.5, 0.6) is 0 Å². The van der Waals surface area contributed by atoms with Crippen molar-refractivity contribution in [3.63, 3.8) is 0 Å². The molecule has 0 spiro atoms. The minimum Gasteiger partial charge on any atom is -0.355 e. The molecule has 2 rings (SSSR count). The van der Waals surface area contributed by atoms with Crippen molar-refractivity contribution < 1.29 is 4.79 Å². The monoisotopic (exact) mass is 246 g/mol. The molecule has 0 radical (unpaired) electrons. The Balaban J connectivity index is 1.78. The third kappa shape index (κ3) is 3.57. The average molecular weight is 246 g/mol. The van der Waals surface area contributed by atoms with E-state index < -0.39 is 0 Å². The Kier molecular flexibility index (Phi) is 4.76. The summed E-state index contributed by atoms with van der Waals surface area (Å²) in [7, 11) is 0. The summed E-state index contributed by atoms with van der Waals surface area (Å²) in [6.45, 7) is 4.74. The van der Waals surface area contributed by atoms with Crippen LogP contribution in [0.3, 0.4) is 0 Å². The topological polar surface area (TPSA) is 41.1 Å². The van der Waals surface area contributed by atoms with E-state index in [2.05, 4.69) is 29.7 Å². The van der Waals surface area contributed by atoms with Gasteiger partial charge in [0.25, 0.3) is 0 Å². The van der Waals surface area contributed by atoms with E-state index in [1.165, 1.54) is 5.56 Å². The van der Waals surface area contributed by atoms with Crippen molar-refractivity contribution in [2.24, 2.45) is 5.92 Å². The van der Waals surface area contributed by atoms with Crippen LogP contribution in [-0.4, -0.2) is 25.5 Å². The van der Waals surface area contributed by atoms with Crippen LogP contribution in [0.15, 0.2) is 30.3 Å². The fourth-order valence-electron chi connectivity index (χ4n) is 2.37. The molecule has 3 nitrogen and oxygen atoms in total. The van der Waals surface area contributed by atoms with Crippen molar-refractivity contribution in [3.8, 4) is 0 Å². The average Bonchev–Trinajstić information content (AvgIpc) is 2.46. The standard InChI is InChI=1S/C15H22N2O/c1-12(13-6-3-2-4-7-13)10-17-15(18)14-8-5-9-16-11-14/h2-4,6-7,12,14,16H,5,8-11H2,1H3,(H,17,18)/t12?,14-/m1/s1. The van der Waals surface area contributed by atoms with E-state index in [4.69, 9.17) is 0 Å². The molecule has 1 aliphatic rings. The van der Waals surface area contributed by atoms with Crippen molar-refractivity contribution in [1.29, 1.82) is 0 Å². The summed E-state index contributed by atoms with van der Waals surface area (Å²) in [6, 6.07) is 10.3. The molecule has 98 valence electrons. The minimum absolute atomic E-state index is 0.154. The first-order valence-electron chi connectivity index (χ1n) is 6.80. The van der Waals surface area contributed by atoms with E-state index in [1.54, 1.807) is 0 Å². The smallest absolute Gasteiger partial charge is 0.224 e. The normalized spacial score (nSPS) is 21.3. The maximum absolute atomic E-state index is 12.0. The van der Waals surface area contributed by atoms with Gasteiger partial charge in [-0.15, -0.1) is 0 Å². The fourth-order valence-corrected chi connectivity index (χ4v) is 2.37. The highest BCUT2D eigenvalue weighted by Crippen LogP contribution is 2.14. The van der Waals surface area contributed by atoms with Crippen LogP contribution in [0.1, 0.15) is 31.2 Å². The van der Waals surface area contributed by atoms with Gasteiger partial charge in [-0.1, -0.05) is 37.3 Å². The number of amides is 1. The maximum atomic E-state index is 12.0. The van der Waals surface area contributed by atoms with Crippen molar-refractivity contribution in [2.75, 3.05) is 19.6 Å². The van der Waals surface area contributed by atoms with Crippen LogP contribution in [0.25, 0.3) is 0 Å². The summed E-state index contributed by atoms with van der Waals surface area (Å²) in [5.41, 5.74) is 1.28. The van der Waals surface area contributed by atoms with Crippen molar-refractivity contribution in [3.05, 3.63) is 35.9 Å². The highest BCUT2D eigenvalue weighted by atomic mass is 16.1. The zero-order valence-electron chi connectivity index (χ0n) is 11.0. The van der Waals surface area contributed by atoms with Gasteiger partial charge >= 0.3 is 0 Å². The summed E-state index contributed by atoms with van der Waals surface area (Å²) in [5, 5.41) is 6.35. The SMILES string of the molecule is CC(CNC(=O)[C@@H]1CCCNC1)c1ccccc1. The molecule has 1 saturated heterocycles. The van der Waals surface area contributed by atoms with Gasteiger partial charge in [-0.2, -0.15) is 0 Å². The molecule has 2 atom stereocenters. The predicted molar refractivity (Wildman–Crippen MR) is 73.5 cm³/mol. The van der Waals surface area contributed by atoms with Crippen molar-refractivity contribution in [2.45, 2.75) is 25.7 Å². The number of carbonyl (C=O) groups is 1. The van der Waals surface area contributed by atoms with E-state index in [0.717, 1.165) is 32.5 Å². The Hall–Kier alpha value is -1.35. The largest absolute Gasteiger partial charge is 0.355 e. The maximum Gasteiger partial charge on any atom is 0.224 e. The van der Waals surface area contributed by atoms with E-state index >= 15 is 0 Å². The fraction of sp³-hybridized carbons (Fsp3) is 0.533. The number of nitrogens with one attached hydrogen (secondary N) is 2. The molecule has 2 N–H and O–H groups in total. The van der Waals surface area contributed by atoms with Gasteiger partial charge in [0.2, 0.25) is 5.91 Å². The third-order valence-corrected chi connectivity index (χ3v) is 3.62. The molecule has 1 fully saturated rings. The number of hydrogen-bond donors (Lipinski definition) is 2. The van der Waals surface area contributed by atoms with E-state index in [0.29, 0.717) is 5.92 Å². The van der Waals surface area contributed by atoms with Crippen LogP contribution in [0.2, 0.25) is 0 Å². The number of benzene rings is 1. The third-order valence-electron chi connectivity index (χ3n) is 3.62. The number of rotatable bonds is 4. The summed E-state index contributed by atoms with van der Waals surface area (Å²) in [5.74, 6) is 0.721. The Morgan fingerprint density at radius 2 is 2.22 bits per heavy atom. The molecule has 0 saturated carbocycles. The highest BCUT2D eigenvalue weighted by Gasteiger charge is 2.20. The van der Waals surface area contributed by atoms with Gasteiger partial charge in [-0.3, -0.25) is 4.79 Å². The summed E-state index contributed by atoms with van der Waals surface area (Å²) < 4.78 is 0. The molecule has 0 bridgehead atoms. The molecular weight excluding hydrogens is 224 g/mol. The lowest BCUT2D eigenvalue weighted by Crippen LogP contribution is -2.41. The molecular formula is C15H22N2O. The van der Waals surface area contributed by atoms with Gasteiger partial charge in [-0.05, 0) is 30.9 Å². The predicted octanol–water partition coefficient (Wildman–Crippen LogP) is 1.91. The summed E-state index contributed by atoms with van der Waals surface area (Å²) >= 11 is 0. The lowest BCUT2D eigenvalue weighted by molar-refractivity contribution is -0.125. The van der Waals surface area contributed by atoms with Gasteiger partial charge in [0.05, 0.1) is 5.92 Å². The van der Waals surface area contributed by atoms with Crippen molar-refractivity contribution >= 4 is 5.91 Å². The Labute approximate surface area is 109 Å². The van der Waals surface area contributed by atoms with Gasteiger partial charge in [0, 0.05) is 13.1 Å². The van der Waals surface area contributed by atoms with E-state index in [1.807, 2.05) is 18.2 Å². The number of carbonyl (C=O) groups excluding carboxylic acids is 1. The quantitative estimate of drug-likeness (QED) is 0.852. The molecule has 3 heteroatoms. The van der Waals surface area contributed by atoms with Gasteiger partial charge < -0.3 is 10.6 Å². The zero-order chi connectivity index (χ0) is 12.8. The second kappa shape index (κ2) is 6.55. The first kappa shape index (κ1) is 13.1. The van der Waals surface area contributed by atoms with Crippen LogP contribution in [0, 0.1) is 5.92 Å². The molecule has 0 aromatic heterocycles. The summed E-state index contributed by atoms with van der Waals surface area (Å²) in [4.78, 5) is 12.0. The molecule has 0 aliphatic carbocycles. The van der Waals surface area contributed by atoms with Crippen LogP contribution in [-0.2, 0) is 4.79 Å². The lowest BCUT2D eigenvalue weighted by atomic mass is 9.97. The minimum atomic E-state index is 0.154. The zero-order valence-corrected chi connectivity index (χ0v) is 11.0. The van der Waals surface area contributed by atoms with E-state index in [-0.39, 0.29) is 11.8 Å². The molecule has 1 heterocycles. The molecule has 1 aromatic carbocycles. The number of hydrogen-bond acceptors (Lipinski definition) is 2. The Morgan fingerprint density at radius 1 is 1.44 bits per heavy atom. The first-order valence-corrected chi connectivity index (χ1v) is 6.80. The molecule has 1 aromatic rings. The Morgan fingerprint density at radius 3 is 2.89 bits per heavy atom. The second-order valence-electron chi connectivity index (χ2n) is 5.10. The van der Waals surface area contributed by atoms with Gasteiger partial charge in [-0.25, -0.2) is 0 Å². The first-order chi connectivity index (χ1) is 8.77. The second-order valence-corrected chi connectivity index (χ2v) is 5.10. The van der Waals surface area contributed by atoms with Crippen LogP contribution < -0.4 is 10.6 Å². The Bertz CT molecular complexity index is 371. The van der Waals surface area contributed by atoms with Crippen molar-refractivity contribution in [1.82, 2.24) is 10.6 Å². The van der Waals surface area contributed by atoms with Gasteiger partial charge in [0.1, 0.15) is 0 Å². The molecule has 1 unspecified atom stereocenters. The molecule has 1 amide bonds. The molecule has 18 heavy (non-hydrogen) atoms. The summed E-state index contributed by atoms with van der Waals surface area (Å²) in [6.07, 6.45) is 2.12. The van der Waals surface area contributed by atoms with Gasteiger partial charge in [0.15, 0.2) is 0 Å². The highest BCUT2D eigenvalue weighted by molar-refractivity contribution is 5.79. The van der Waals surface area contributed by atoms with Crippen LogP contribution >= 0.6 is 0 Å². The number of piperidine rings is 1.